The van der Waals surface area contributed by atoms with E-state index < -0.39 is 17.8 Å². The normalized spacial score (nSPS) is 12.3. The minimum Gasteiger partial charge on any atom is -0.350 e. The van der Waals surface area contributed by atoms with Crippen LogP contribution >= 0.6 is 0 Å². The van der Waals surface area contributed by atoms with Crippen LogP contribution in [0.2, 0.25) is 0 Å². The Balaban J connectivity index is 3.07. The van der Waals surface area contributed by atoms with Crippen LogP contribution in [0.15, 0.2) is 29.4 Å². The van der Waals surface area contributed by atoms with Crippen LogP contribution in [-0.4, -0.2) is 11.7 Å². The number of rotatable bonds is 3. The van der Waals surface area contributed by atoms with Crippen molar-refractivity contribution in [2.45, 2.75) is 19.5 Å². The Kier molecular flexibility index (Phi) is 4.30. The van der Waals surface area contributed by atoms with Gasteiger partial charge >= 0.3 is 12.2 Å². The molecule has 7 heteroatoms. The molecule has 0 aromatic heterocycles. The number of hydrazone groups is 1. The molecule has 0 aliphatic rings. The summed E-state index contributed by atoms with van der Waals surface area (Å²) in [4.78, 5) is 10.5. The summed E-state index contributed by atoms with van der Waals surface area (Å²) < 4.78 is 37.6. The first-order valence-electron chi connectivity index (χ1n) is 5.14. The van der Waals surface area contributed by atoms with Crippen molar-refractivity contribution in [1.82, 2.24) is 5.43 Å². The summed E-state index contributed by atoms with van der Waals surface area (Å²) in [6.45, 7) is 1.71. The van der Waals surface area contributed by atoms with E-state index in [0.29, 0.717) is 17.7 Å². The number of alkyl halides is 3. The molecule has 98 valence electrons. The molecule has 0 bridgehead atoms. The van der Waals surface area contributed by atoms with Crippen molar-refractivity contribution >= 4 is 11.7 Å². The van der Waals surface area contributed by atoms with Gasteiger partial charge in [-0.1, -0.05) is 19.1 Å². The van der Waals surface area contributed by atoms with Gasteiger partial charge in [0.15, 0.2) is 0 Å². The smallest absolute Gasteiger partial charge is 0.350 e. The van der Waals surface area contributed by atoms with E-state index in [1.165, 1.54) is 12.1 Å². The summed E-state index contributed by atoms with van der Waals surface area (Å²) in [6, 6.07) is 3.85. The van der Waals surface area contributed by atoms with Crippen molar-refractivity contribution in [2.75, 3.05) is 0 Å². The van der Waals surface area contributed by atoms with Crippen LogP contribution < -0.4 is 11.2 Å². The summed E-state index contributed by atoms with van der Waals surface area (Å²) in [6.07, 6.45) is -4.05. The highest BCUT2D eigenvalue weighted by atomic mass is 19.4. The zero-order chi connectivity index (χ0) is 13.8. The molecule has 0 saturated carbocycles. The first-order chi connectivity index (χ1) is 8.34. The van der Waals surface area contributed by atoms with Gasteiger partial charge in [-0.25, -0.2) is 10.2 Å². The highest BCUT2D eigenvalue weighted by molar-refractivity contribution is 6.00. The van der Waals surface area contributed by atoms with E-state index in [2.05, 4.69) is 5.10 Å². The van der Waals surface area contributed by atoms with Crippen LogP contribution in [0.1, 0.15) is 24.5 Å². The van der Waals surface area contributed by atoms with Gasteiger partial charge in [0.2, 0.25) is 0 Å². The van der Waals surface area contributed by atoms with Gasteiger partial charge in [0.1, 0.15) is 0 Å². The zero-order valence-electron chi connectivity index (χ0n) is 9.58. The van der Waals surface area contributed by atoms with Crippen molar-refractivity contribution in [1.29, 1.82) is 0 Å². The van der Waals surface area contributed by atoms with E-state index in [1.54, 1.807) is 6.92 Å². The number of nitrogens with two attached hydrogens (primary N) is 1. The average molecular weight is 259 g/mol. The molecule has 0 aliphatic heterocycles. The topological polar surface area (TPSA) is 67.5 Å². The molecule has 0 atom stereocenters. The van der Waals surface area contributed by atoms with Gasteiger partial charge in [-0.05, 0) is 24.1 Å². The maximum atomic E-state index is 12.5. The Hall–Kier alpha value is -2.05. The number of primary amides is 1. The largest absolute Gasteiger partial charge is 0.416 e. The van der Waals surface area contributed by atoms with E-state index in [1.807, 2.05) is 5.43 Å². The number of amides is 2. The van der Waals surface area contributed by atoms with Gasteiger partial charge in [-0.3, -0.25) is 0 Å². The first kappa shape index (κ1) is 14.0. The van der Waals surface area contributed by atoms with E-state index in [-0.39, 0.29) is 0 Å². The van der Waals surface area contributed by atoms with Crippen molar-refractivity contribution < 1.29 is 18.0 Å². The van der Waals surface area contributed by atoms with E-state index in [0.717, 1.165) is 12.1 Å². The minimum absolute atomic E-state index is 0.293. The third-order valence-corrected chi connectivity index (χ3v) is 2.16. The van der Waals surface area contributed by atoms with Crippen LogP contribution in [-0.2, 0) is 6.18 Å². The molecule has 1 aromatic rings. The highest BCUT2D eigenvalue weighted by Crippen LogP contribution is 2.29. The molecular formula is C11H12F3N3O. The Bertz CT molecular complexity index is 469. The predicted molar refractivity (Wildman–Crippen MR) is 61.0 cm³/mol. The van der Waals surface area contributed by atoms with E-state index in [4.69, 9.17) is 5.73 Å². The molecule has 4 nitrogen and oxygen atoms in total. The quantitative estimate of drug-likeness (QED) is 0.635. The van der Waals surface area contributed by atoms with Gasteiger partial charge in [0, 0.05) is 0 Å². The zero-order valence-corrected chi connectivity index (χ0v) is 9.58. The number of carbonyl (C=O) groups is 1. The molecule has 0 aliphatic carbocycles. The Morgan fingerprint density at radius 3 is 2.61 bits per heavy atom. The molecule has 0 spiro atoms. The second-order valence-electron chi connectivity index (χ2n) is 3.47. The molecule has 3 N–H and O–H groups in total. The summed E-state index contributed by atoms with van der Waals surface area (Å²) in [5, 5.41) is 3.66. The third-order valence-electron chi connectivity index (χ3n) is 2.16. The van der Waals surface area contributed by atoms with Crippen LogP contribution in [0.5, 0.6) is 0 Å². The number of hydrogen-bond acceptors (Lipinski definition) is 2. The maximum absolute atomic E-state index is 12.5. The van der Waals surface area contributed by atoms with Gasteiger partial charge in [0.05, 0.1) is 11.3 Å². The number of nitrogens with zero attached hydrogens (tertiary/aromatic N) is 1. The molecule has 2 amide bonds. The van der Waals surface area contributed by atoms with Gasteiger partial charge in [-0.2, -0.15) is 18.3 Å². The van der Waals surface area contributed by atoms with Crippen molar-refractivity contribution in [2.24, 2.45) is 10.8 Å². The maximum Gasteiger partial charge on any atom is 0.416 e. The molecule has 0 saturated heterocycles. The number of urea groups is 1. The molecule has 1 aromatic carbocycles. The highest BCUT2D eigenvalue weighted by Gasteiger charge is 2.30. The summed E-state index contributed by atoms with van der Waals surface area (Å²) in [5.41, 5.74) is 6.68. The second-order valence-corrected chi connectivity index (χ2v) is 3.47. The summed E-state index contributed by atoms with van der Waals surface area (Å²) in [5.74, 6) is 0. The van der Waals surface area contributed by atoms with Crippen LogP contribution in [0.25, 0.3) is 0 Å². The van der Waals surface area contributed by atoms with Crippen LogP contribution in [0.3, 0.4) is 0 Å². The van der Waals surface area contributed by atoms with Crippen molar-refractivity contribution in [3.05, 3.63) is 35.4 Å². The first-order valence-corrected chi connectivity index (χ1v) is 5.14. The number of nitrogens with one attached hydrogen (secondary N) is 1. The lowest BCUT2D eigenvalue weighted by Crippen LogP contribution is -2.26. The summed E-state index contributed by atoms with van der Waals surface area (Å²) >= 11 is 0. The Morgan fingerprint density at radius 1 is 1.44 bits per heavy atom. The molecule has 18 heavy (non-hydrogen) atoms. The molecule has 0 radical (unpaired) electrons. The number of hydrogen-bond donors (Lipinski definition) is 2. The van der Waals surface area contributed by atoms with Gasteiger partial charge in [-0.15, -0.1) is 0 Å². The lowest BCUT2D eigenvalue weighted by atomic mass is 10.0. The average Bonchev–Trinajstić information content (AvgIpc) is 2.29. The number of halogens is 3. The molecular weight excluding hydrogens is 247 g/mol. The van der Waals surface area contributed by atoms with Gasteiger partial charge < -0.3 is 5.73 Å². The van der Waals surface area contributed by atoms with E-state index >= 15 is 0 Å². The minimum atomic E-state index is -4.41. The van der Waals surface area contributed by atoms with Crippen LogP contribution in [0, 0.1) is 0 Å². The molecule has 1 rings (SSSR count). The van der Waals surface area contributed by atoms with Gasteiger partial charge in [0.25, 0.3) is 0 Å². The Labute approximate surface area is 102 Å². The van der Waals surface area contributed by atoms with Crippen molar-refractivity contribution in [3.8, 4) is 0 Å². The lowest BCUT2D eigenvalue weighted by molar-refractivity contribution is -0.137. The fraction of sp³-hybridized carbons (Fsp3) is 0.273. The number of benzene rings is 1. The molecule has 0 unspecified atom stereocenters. The second kappa shape index (κ2) is 5.52. The summed E-state index contributed by atoms with van der Waals surface area (Å²) in [7, 11) is 0. The fourth-order valence-electron chi connectivity index (χ4n) is 1.35. The monoisotopic (exact) mass is 259 g/mol. The lowest BCUT2D eigenvalue weighted by Gasteiger charge is -2.09. The van der Waals surface area contributed by atoms with Crippen molar-refractivity contribution in [3.63, 3.8) is 0 Å². The molecule has 0 fully saturated rings. The Morgan fingerprint density at radius 2 is 2.11 bits per heavy atom. The predicted octanol–water partition coefficient (Wildman–Crippen LogP) is 2.49. The molecule has 0 heterocycles. The SMILES string of the molecule is CC/C(=N/NC(N)=O)c1cccc(C(F)(F)F)c1. The standard InChI is InChI=1S/C11H12F3N3O/c1-2-9(16-17-10(15)18)7-4-3-5-8(6-7)11(12,13)14/h3-6H,2H2,1H3,(H3,15,17,18)/b16-9-. The van der Waals surface area contributed by atoms with E-state index in [9.17, 15) is 18.0 Å². The fourth-order valence-corrected chi connectivity index (χ4v) is 1.35. The number of carbonyl (C=O) groups excluding carboxylic acids is 1. The van der Waals surface area contributed by atoms with Crippen LogP contribution in [0.4, 0.5) is 18.0 Å². The third kappa shape index (κ3) is 3.76.